The number of ether oxygens (including phenoxy) is 1. The summed E-state index contributed by atoms with van der Waals surface area (Å²) in [6.45, 7) is 22.5. The number of nitrogen functional groups attached to an aromatic ring is 1. The summed E-state index contributed by atoms with van der Waals surface area (Å²) >= 11 is 0. The summed E-state index contributed by atoms with van der Waals surface area (Å²) < 4.78 is 5.21. The maximum absolute atomic E-state index is 11.4. The zero-order valence-electron chi connectivity index (χ0n) is 32.5. The fourth-order valence-electron chi connectivity index (χ4n) is 6.82. The molecule has 1 saturated carbocycles. The van der Waals surface area contributed by atoms with Crippen LogP contribution in [0.5, 0.6) is 0 Å². The second-order valence-electron chi connectivity index (χ2n) is 17.7. The van der Waals surface area contributed by atoms with E-state index in [4.69, 9.17) is 15.5 Å². The number of aromatic nitrogens is 1. The van der Waals surface area contributed by atoms with Crippen molar-refractivity contribution in [2.75, 3.05) is 43.1 Å². The average molecular weight is 666 g/mol. The Morgan fingerprint density at radius 2 is 1.69 bits per heavy atom. The zero-order chi connectivity index (χ0) is 35.5. The van der Waals surface area contributed by atoms with E-state index in [9.17, 15) is 4.79 Å². The molecule has 48 heavy (non-hydrogen) atoms. The molecule has 2 heterocycles. The van der Waals surface area contributed by atoms with E-state index in [0.717, 1.165) is 42.1 Å². The average Bonchev–Trinajstić information content (AvgIpc) is 3.41. The molecule has 0 radical (unpaired) electrons. The fraction of sp³-hybridized carbons (Fsp3) is 0.756. The van der Waals surface area contributed by atoms with Gasteiger partial charge in [0.1, 0.15) is 11.5 Å². The number of pyridine rings is 1. The lowest BCUT2D eigenvalue weighted by atomic mass is 9.73. The van der Waals surface area contributed by atoms with Crippen molar-refractivity contribution < 1.29 is 9.53 Å². The summed E-state index contributed by atoms with van der Waals surface area (Å²) in [6.07, 6.45) is 15.9. The largest absolute Gasteiger partial charge is 0.465 e. The van der Waals surface area contributed by atoms with Crippen molar-refractivity contribution in [1.29, 1.82) is 0 Å². The van der Waals surface area contributed by atoms with Crippen LogP contribution in [0.25, 0.3) is 10.9 Å². The minimum atomic E-state index is -0.0771. The number of nitrogens with zero attached hydrogens (tertiary/aromatic N) is 2. The van der Waals surface area contributed by atoms with E-state index in [1.54, 1.807) is 0 Å². The van der Waals surface area contributed by atoms with Crippen LogP contribution in [0.1, 0.15) is 145 Å². The molecule has 4 N–H and O–H groups in total. The van der Waals surface area contributed by atoms with Gasteiger partial charge in [0.05, 0.1) is 30.4 Å². The number of esters is 1. The molecule has 0 spiro atoms. The van der Waals surface area contributed by atoms with Crippen LogP contribution in [0, 0.1) is 22.2 Å². The van der Waals surface area contributed by atoms with E-state index in [1.807, 2.05) is 0 Å². The van der Waals surface area contributed by atoms with Crippen LogP contribution in [-0.2, 0) is 16.0 Å². The van der Waals surface area contributed by atoms with Crippen molar-refractivity contribution in [2.45, 2.75) is 152 Å². The molecular formula is C41H71N5O2. The maximum atomic E-state index is 11.4. The van der Waals surface area contributed by atoms with Crippen molar-refractivity contribution in [3.8, 4) is 0 Å². The highest BCUT2D eigenvalue weighted by atomic mass is 16.5. The van der Waals surface area contributed by atoms with E-state index in [-0.39, 0.29) is 23.0 Å². The summed E-state index contributed by atoms with van der Waals surface area (Å²) in [5, 5.41) is 8.34. The molecule has 1 fully saturated rings. The number of carbonyl (C=O) groups excluding carboxylic acids is 1. The van der Waals surface area contributed by atoms with Crippen LogP contribution in [0.4, 0.5) is 17.2 Å². The number of nitrogens with two attached hydrogens (primary N) is 1. The van der Waals surface area contributed by atoms with Crippen LogP contribution < -0.4 is 16.4 Å². The Labute approximate surface area is 293 Å². The number of unbranched alkanes of at least 4 members (excludes halogenated alkanes) is 3. The molecule has 0 amide bonds. The lowest BCUT2D eigenvalue weighted by molar-refractivity contribution is -0.148. The smallest absolute Gasteiger partial charge is 0.306 e. The molecule has 1 aromatic heterocycles. The van der Waals surface area contributed by atoms with E-state index in [1.165, 1.54) is 81.8 Å². The number of benzene rings is 1. The molecule has 1 aliphatic carbocycles. The number of hydrogen-bond acceptors (Lipinski definition) is 7. The SMILES string of the molecule is CCC(C)(C)CC(=O)OCC(C)(C)C.CCCCC1Nc2c(N)nc3cc(CCCCCN(C)CC(C)(C)CC4CCC4)ccc3c2N1. The highest BCUT2D eigenvalue weighted by Gasteiger charge is 2.28. The second-order valence-corrected chi connectivity index (χ2v) is 17.7. The molecule has 2 aromatic rings. The number of fused-ring (bicyclic) bond motifs is 3. The number of hydrogen-bond donors (Lipinski definition) is 3. The minimum Gasteiger partial charge on any atom is -0.465 e. The van der Waals surface area contributed by atoms with Crippen LogP contribution in [0.2, 0.25) is 0 Å². The van der Waals surface area contributed by atoms with Gasteiger partial charge in [-0.2, -0.15) is 0 Å². The highest BCUT2D eigenvalue weighted by molar-refractivity contribution is 6.03. The highest BCUT2D eigenvalue weighted by Crippen LogP contribution is 2.40. The third-order valence-corrected chi connectivity index (χ3v) is 10.1. The van der Waals surface area contributed by atoms with Crippen molar-refractivity contribution in [1.82, 2.24) is 9.88 Å². The fourth-order valence-corrected chi connectivity index (χ4v) is 6.82. The molecule has 272 valence electrons. The summed E-state index contributed by atoms with van der Waals surface area (Å²) in [5.41, 5.74) is 11.3. The quantitative estimate of drug-likeness (QED) is 0.114. The summed E-state index contributed by atoms with van der Waals surface area (Å²) in [7, 11) is 2.30. The number of aryl methyl sites for hydroxylation is 1. The summed E-state index contributed by atoms with van der Waals surface area (Å²) in [6, 6.07) is 6.74. The topological polar surface area (TPSA) is 92.5 Å². The third kappa shape index (κ3) is 13.4. The molecular weight excluding hydrogens is 594 g/mol. The maximum Gasteiger partial charge on any atom is 0.306 e. The van der Waals surface area contributed by atoms with Gasteiger partial charge in [-0.3, -0.25) is 4.79 Å². The van der Waals surface area contributed by atoms with Crippen LogP contribution in [-0.4, -0.2) is 48.8 Å². The molecule has 7 heteroatoms. The molecule has 1 unspecified atom stereocenters. The Balaban J connectivity index is 0.000000378. The van der Waals surface area contributed by atoms with Crippen molar-refractivity contribution in [2.24, 2.45) is 22.2 Å². The Kier molecular flexibility index (Phi) is 14.9. The Bertz CT molecular complexity index is 1290. The zero-order valence-corrected chi connectivity index (χ0v) is 32.5. The minimum absolute atomic E-state index is 0.0615. The van der Waals surface area contributed by atoms with Gasteiger partial charge < -0.3 is 26.0 Å². The van der Waals surface area contributed by atoms with Gasteiger partial charge in [-0.1, -0.05) is 113 Å². The van der Waals surface area contributed by atoms with Crippen molar-refractivity contribution >= 4 is 34.1 Å². The first-order valence-corrected chi connectivity index (χ1v) is 19.1. The third-order valence-electron chi connectivity index (χ3n) is 10.1. The lowest BCUT2D eigenvalue weighted by Crippen LogP contribution is -2.34. The van der Waals surface area contributed by atoms with Gasteiger partial charge >= 0.3 is 5.97 Å². The van der Waals surface area contributed by atoms with E-state index < -0.39 is 0 Å². The van der Waals surface area contributed by atoms with E-state index in [2.05, 4.69) is 103 Å². The molecule has 4 rings (SSSR count). The van der Waals surface area contributed by atoms with E-state index >= 15 is 0 Å². The number of anilines is 3. The number of rotatable bonds is 17. The molecule has 1 aromatic carbocycles. The number of nitrogens with one attached hydrogen (secondary N) is 2. The first kappa shape index (κ1) is 39.9. The van der Waals surface area contributed by atoms with Gasteiger partial charge in [0.15, 0.2) is 0 Å². The molecule has 1 aliphatic heterocycles. The molecule has 0 bridgehead atoms. The standard InChI is InChI=1S/C29H47N5.C12H24O2/c1-5-6-14-25-32-26-23-16-15-21(18-24(23)31-28(30)27(26)33-25)11-8-7-9-17-34(4)20-29(2,3)19-22-12-10-13-22;1-7-12(5,6)8-10(13)14-9-11(2,3)4/h15-16,18,22,25,32-33H,5-14,17,19-20H2,1-4H3,(H2,30,31);7-9H2,1-6H3. The van der Waals surface area contributed by atoms with Gasteiger partial charge in [-0.05, 0) is 85.9 Å². The van der Waals surface area contributed by atoms with Gasteiger partial charge in [-0.15, -0.1) is 0 Å². The van der Waals surface area contributed by atoms with Crippen molar-refractivity contribution in [3.63, 3.8) is 0 Å². The summed E-state index contributed by atoms with van der Waals surface area (Å²) in [4.78, 5) is 18.7. The Hall–Kier alpha value is -2.54. The van der Waals surface area contributed by atoms with Crippen LogP contribution in [0.15, 0.2) is 18.2 Å². The predicted molar refractivity (Wildman–Crippen MR) is 207 cm³/mol. The molecule has 2 aliphatic rings. The first-order valence-electron chi connectivity index (χ1n) is 19.1. The summed E-state index contributed by atoms with van der Waals surface area (Å²) in [5.74, 6) is 1.52. The monoisotopic (exact) mass is 666 g/mol. The Morgan fingerprint density at radius 1 is 0.979 bits per heavy atom. The lowest BCUT2D eigenvalue weighted by Gasteiger charge is -2.37. The van der Waals surface area contributed by atoms with Crippen LogP contribution >= 0.6 is 0 Å². The van der Waals surface area contributed by atoms with Gasteiger partial charge in [0, 0.05) is 11.9 Å². The number of carbonyl (C=O) groups is 1. The van der Waals surface area contributed by atoms with Crippen LogP contribution in [0.3, 0.4) is 0 Å². The predicted octanol–water partition coefficient (Wildman–Crippen LogP) is 10.4. The normalized spacial score (nSPS) is 16.5. The molecule has 0 saturated heterocycles. The first-order chi connectivity index (χ1) is 22.5. The second kappa shape index (κ2) is 17.9. The van der Waals surface area contributed by atoms with Crippen molar-refractivity contribution in [3.05, 3.63) is 23.8 Å². The van der Waals surface area contributed by atoms with Gasteiger partial charge in [0.25, 0.3) is 0 Å². The molecule has 7 nitrogen and oxygen atoms in total. The van der Waals surface area contributed by atoms with E-state index in [0.29, 0.717) is 24.3 Å². The van der Waals surface area contributed by atoms with Gasteiger partial charge in [-0.25, -0.2) is 4.98 Å². The molecule has 1 atom stereocenters. The Morgan fingerprint density at radius 3 is 2.31 bits per heavy atom. The van der Waals surface area contributed by atoms with Gasteiger partial charge in [0.2, 0.25) is 0 Å².